The number of nitrogens with zero attached hydrogens (tertiary/aromatic N) is 1. The molecule has 2 aliphatic rings. The number of piperidine rings is 1. The van der Waals surface area contributed by atoms with Crippen molar-refractivity contribution in [3.63, 3.8) is 0 Å². The monoisotopic (exact) mass is 339 g/mol. The SMILES string of the molecule is CO[C@@H]1CCC[C@]12CCCN(C(=O)COc1ccc(F)cc1F)C2. The molecule has 2 fully saturated rings. The fraction of sp³-hybridized carbons (Fsp3) is 0.611. The fourth-order valence-corrected chi connectivity index (χ4v) is 4.14. The van der Waals surface area contributed by atoms with Crippen molar-refractivity contribution in [1.82, 2.24) is 4.90 Å². The average molecular weight is 339 g/mol. The smallest absolute Gasteiger partial charge is 0.260 e. The molecular formula is C18H23F2NO3. The quantitative estimate of drug-likeness (QED) is 0.846. The number of amides is 1. The highest BCUT2D eigenvalue weighted by Crippen LogP contribution is 2.46. The first-order valence-electron chi connectivity index (χ1n) is 8.42. The molecule has 0 bridgehead atoms. The number of carbonyl (C=O) groups excluding carboxylic acids is 1. The lowest BCUT2D eigenvalue weighted by molar-refractivity contribution is -0.139. The summed E-state index contributed by atoms with van der Waals surface area (Å²) in [6, 6.07) is 3.06. The summed E-state index contributed by atoms with van der Waals surface area (Å²) >= 11 is 0. The first-order valence-corrected chi connectivity index (χ1v) is 8.42. The van der Waals surface area contributed by atoms with Crippen LogP contribution in [0, 0.1) is 17.0 Å². The molecule has 4 nitrogen and oxygen atoms in total. The molecule has 0 N–H and O–H groups in total. The highest BCUT2D eigenvalue weighted by atomic mass is 19.1. The van der Waals surface area contributed by atoms with E-state index in [0.29, 0.717) is 13.1 Å². The number of methoxy groups -OCH3 is 1. The van der Waals surface area contributed by atoms with E-state index in [1.165, 1.54) is 6.07 Å². The zero-order valence-electron chi connectivity index (χ0n) is 13.9. The zero-order chi connectivity index (χ0) is 17.2. The molecule has 1 amide bonds. The number of halogens is 2. The van der Waals surface area contributed by atoms with Gasteiger partial charge in [-0.3, -0.25) is 4.79 Å². The van der Waals surface area contributed by atoms with E-state index in [0.717, 1.165) is 44.2 Å². The largest absolute Gasteiger partial charge is 0.481 e. The van der Waals surface area contributed by atoms with E-state index in [1.807, 2.05) is 0 Å². The molecule has 6 heteroatoms. The lowest BCUT2D eigenvalue weighted by Crippen LogP contribution is -2.50. The van der Waals surface area contributed by atoms with Gasteiger partial charge in [-0.1, -0.05) is 6.42 Å². The maximum absolute atomic E-state index is 13.6. The van der Waals surface area contributed by atoms with Crippen LogP contribution in [0.4, 0.5) is 8.78 Å². The maximum atomic E-state index is 13.6. The van der Waals surface area contributed by atoms with Crippen molar-refractivity contribution < 1.29 is 23.0 Å². The van der Waals surface area contributed by atoms with Crippen LogP contribution in [0.15, 0.2) is 18.2 Å². The summed E-state index contributed by atoms with van der Waals surface area (Å²) in [4.78, 5) is 14.2. The second kappa shape index (κ2) is 7.05. The van der Waals surface area contributed by atoms with Crippen LogP contribution in [-0.4, -0.2) is 43.7 Å². The molecule has 1 spiro atoms. The van der Waals surface area contributed by atoms with Gasteiger partial charge in [0.25, 0.3) is 5.91 Å². The number of benzene rings is 1. The second-order valence-corrected chi connectivity index (χ2v) is 6.76. The molecule has 24 heavy (non-hydrogen) atoms. The second-order valence-electron chi connectivity index (χ2n) is 6.76. The number of ether oxygens (including phenoxy) is 2. The Hall–Kier alpha value is -1.69. The standard InChI is InChI=1S/C18H23F2NO3/c1-23-16-4-2-7-18(16)8-3-9-21(12-18)17(22)11-24-15-6-5-13(19)10-14(15)20/h5-6,10,16H,2-4,7-9,11-12H2,1H3/t16-,18-/m1/s1. The van der Waals surface area contributed by atoms with Crippen LogP contribution < -0.4 is 4.74 Å². The van der Waals surface area contributed by atoms with Crippen LogP contribution in [-0.2, 0) is 9.53 Å². The van der Waals surface area contributed by atoms with Crippen LogP contribution in [0.1, 0.15) is 32.1 Å². The molecule has 1 saturated heterocycles. The Labute approximate surface area is 140 Å². The fourth-order valence-electron chi connectivity index (χ4n) is 4.14. The molecule has 0 radical (unpaired) electrons. The van der Waals surface area contributed by atoms with Crippen LogP contribution >= 0.6 is 0 Å². The third-order valence-electron chi connectivity index (χ3n) is 5.31. The van der Waals surface area contributed by atoms with Gasteiger partial charge in [-0.05, 0) is 37.8 Å². The number of likely N-dealkylation sites (tertiary alicyclic amines) is 1. The van der Waals surface area contributed by atoms with E-state index in [9.17, 15) is 13.6 Å². The Morgan fingerprint density at radius 3 is 2.88 bits per heavy atom. The van der Waals surface area contributed by atoms with E-state index in [2.05, 4.69) is 0 Å². The number of hydrogen-bond donors (Lipinski definition) is 0. The van der Waals surface area contributed by atoms with Gasteiger partial charge in [0.05, 0.1) is 6.10 Å². The van der Waals surface area contributed by atoms with E-state index < -0.39 is 11.6 Å². The molecule has 1 aliphatic carbocycles. The normalized spacial score (nSPS) is 26.8. The third-order valence-corrected chi connectivity index (χ3v) is 5.31. The Balaban J connectivity index is 1.60. The van der Waals surface area contributed by atoms with Crippen LogP contribution in [0.2, 0.25) is 0 Å². The van der Waals surface area contributed by atoms with E-state index in [4.69, 9.17) is 9.47 Å². The van der Waals surface area contributed by atoms with Gasteiger partial charge in [0, 0.05) is 31.7 Å². The Bertz CT molecular complexity index is 610. The van der Waals surface area contributed by atoms with E-state index in [-0.39, 0.29) is 29.8 Å². The highest BCUT2D eigenvalue weighted by Gasteiger charge is 2.46. The summed E-state index contributed by atoms with van der Waals surface area (Å²) < 4.78 is 37.3. The molecule has 2 atom stereocenters. The summed E-state index contributed by atoms with van der Waals surface area (Å²) in [5.74, 6) is -1.74. The predicted octanol–water partition coefficient (Wildman–Crippen LogP) is 3.15. The van der Waals surface area contributed by atoms with E-state index >= 15 is 0 Å². The Morgan fingerprint density at radius 1 is 1.33 bits per heavy atom. The molecular weight excluding hydrogens is 316 g/mol. The summed E-state index contributed by atoms with van der Waals surface area (Å²) in [5, 5.41) is 0. The molecule has 1 aromatic carbocycles. The number of rotatable bonds is 4. The molecule has 1 aromatic rings. The molecule has 1 aliphatic heterocycles. The summed E-state index contributed by atoms with van der Waals surface area (Å²) in [6.07, 6.45) is 5.44. The lowest BCUT2D eigenvalue weighted by Gasteiger charge is -2.43. The van der Waals surface area contributed by atoms with Crippen molar-refractivity contribution in [1.29, 1.82) is 0 Å². The molecule has 3 rings (SSSR count). The Kier molecular flexibility index (Phi) is 5.04. The van der Waals surface area contributed by atoms with Gasteiger partial charge in [-0.15, -0.1) is 0 Å². The maximum Gasteiger partial charge on any atom is 0.260 e. The van der Waals surface area contributed by atoms with Gasteiger partial charge < -0.3 is 14.4 Å². The van der Waals surface area contributed by atoms with Crippen molar-refractivity contribution in [2.24, 2.45) is 5.41 Å². The molecule has 1 heterocycles. The van der Waals surface area contributed by atoms with Crippen molar-refractivity contribution in [2.75, 3.05) is 26.8 Å². The lowest BCUT2D eigenvalue weighted by atomic mass is 9.76. The average Bonchev–Trinajstić information content (AvgIpc) is 2.95. The molecule has 1 saturated carbocycles. The number of carbonyl (C=O) groups is 1. The summed E-state index contributed by atoms with van der Waals surface area (Å²) in [7, 11) is 1.74. The minimum Gasteiger partial charge on any atom is -0.481 e. The van der Waals surface area contributed by atoms with E-state index in [1.54, 1.807) is 12.0 Å². The zero-order valence-corrected chi connectivity index (χ0v) is 13.9. The molecule has 0 unspecified atom stereocenters. The molecule has 0 aromatic heterocycles. The first kappa shape index (κ1) is 17.1. The predicted molar refractivity (Wildman–Crippen MR) is 84.7 cm³/mol. The van der Waals surface area contributed by atoms with Crippen molar-refractivity contribution >= 4 is 5.91 Å². The molecule has 132 valence electrons. The summed E-state index contributed by atoms with van der Waals surface area (Å²) in [6.45, 7) is 1.11. The third kappa shape index (κ3) is 3.38. The van der Waals surface area contributed by atoms with Crippen molar-refractivity contribution in [3.05, 3.63) is 29.8 Å². The topological polar surface area (TPSA) is 38.8 Å². The minimum atomic E-state index is -0.798. The van der Waals surface area contributed by atoms with Crippen LogP contribution in [0.5, 0.6) is 5.75 Å². The number of hydrogen-bond acceptors (Lipinski definition) is 3. The van der Waals surface area contributed by atoms with Crippen molar-refractivity contribution in [2.45, 2.75) is 38.2 Å². The first-order chi connectivity index (χ1) is 11.5. The van der Waals surface area contributed by atoms with Crippen molar-refractivity contribution in [3.8, 4) is 5.75 Å². The van der Waals surface area contributed by atoms with Gasteiger partial charge in [-0.25, -0.2) is 8.78 Å². The van der Waals surface area contributed by atoms with Gasteiger partial charge in [0.1, 0.15) is 5.82 Å². The van der Waals surface area contributed by atoms with Crippen LogP contribution in [0.25, 0.3) is 0 Å². The summed E-state index contributed by atoms with van der Waals surface area (Å²) in [5.41, 5.74) is 0.0454. The highest BCUT2D eigenvalue weighted by molar-refractivity contribution is 5.78. The van der Waals surface area contributed by atoms with Gasteiger partial charge >= 0.3 is 0 Å². The van der Waals surface area contributed by atoms with Gasteiger partial charge in [0.15, 0.2) is 18.2 Å². The van der Waals surface area contributed by atoms with Crippen LogP contribution in [0.3, 0.4) is 0 Å². The Morgan fingerprint density at radius 2 is 2.12 bits per heavy atom. The minimum absolute atomic E-state index is 0.0454. The van der Waals surface area contributed by atoms with Gasteiger partial charge in [0.2, 0.25) is 0 Å². The van der Waals surface area contributed by atoms with Gasteiger partial charge in [-0.2, -0.15) is 0 Å².